The molecule has 0 bridgehead atoms. The van der Waals surface area contributed by atoms with Crippen LogP contribution in [-0.4, -0.2) is 17.6 Å². The Morgan fingerprint density at radius 2 is 1.73 bits per heavy atom. The quantitative estimate of drug-likeness (QED) is 0.500. The predicted octanol–water partition coefficient (Wildman–Crippen LogP) is 5.12. The molecule has 4 rings (SSSR count). The predicted molar refractivity (Wildman–Crippen MR) is 121 cm³/mol. The van der Waals surface area contributed by atoms with Gasteiger partial charge in [0, 0.05) is 23.0 Å². The Balaban J connectivity index is 1.91. The van der Waals surface area contributed by atoms with Crippen molar-refractivity contribution < 1.29 is 9.53 Å². The van der Waals surface area contributed by atoms with Crippen LogP contribution in [0.4, 0.5) is 5.82 Å². The minimum Gasteiger partial charge on any atom is -0.497 e. The molecule has 0 fully saturated rings. The van der Waals surface area contributed by atoms with E-state index in [9.17, 15) is 9.59 Å². The molecule has 1 aromatic heterocycles. The Labute approximate surface area is 178 Å². The van der Waals surface area contributed by atoms with E-state index in [1.54, 1.807) is 61.7 Å². The Hall–Kier alpha value is -3.57. The molecular weight excluding hydrogens is 400 g/mol. The maximum absolute atomic E-state index is 13.4. The van der Waals surface area contributed by atoms with Crippen LogP contribution in [-0.2, 0) is 7.05 Å². The van der Waals surface area contributed by atoms with E-state index in [0.717, 1.165) is 5.52 Å². The number of methoxy groups -OCH3 is 1. The van der Waals surface area contributed by atoms with E-state index >= 15 is 0 Å². The molecule has 1 heterocycles. The number of pyridine rings is 1. The van der Waals surface area contributed by atoms with Gasteiger partial charge in [0.15, 0.2) is 5.43 Å². The number of hydrogen-bond donors (Lipinski definition) is 1. The first kappa shape index (κ1) is 19.7. The summed E-state index contributed by atoms with van der Waals surface area (Å²) in [7, 11) is 3.39. The fourth-order valence-electron chi connectivity index (χ4n) is 3.47. The number of nitrogens with one attached hydrogen (secondary N) is 1. The summed E-state index contributed by atoms with van der Waals surface area (Å²) in [6, 6.07) is 21.1. The minimum atomic E-state index is -0.328. The largest absolute Gasteiger partial charge is 0.497 e. The van der Waals surface area contributed by atoms with Crippen LogP contribution in [0.3, 0.4) is 0 Å². The number of amides is 1. The molecule has 1 amide bonds. The molecule has 0 aliphatic rings. The number of rotatable bonds is 4. The Morgan fingerprint density at radius 3 is 2.43 bits per heavy atom. The molecule has 0 unspecified atom stereocenters. The van der Waals surface area contributed by atoms with Crippen LogP contribution in [0.5, 0.6) is 5.75 Å². The number of benzene rings is 3. The van der Waals surface area contributed by atoms with Crippen molar-refractivity contribution in [2.24, 2.45) is 7.05 Å². The van der Waals surface area contributed by atoms with Crippen LogP contribution < -0.4 is 15.5 Å². The minimum absolute atomic E-state index is 0.170. The lowest BCUT2D eigenvalue weighted by Crippen LogP contribution is -2.21. The van der Waals surface area contributed by atoms with E-state index < -0.39 is 0 Å². The van der Waals surface area contributed by atoms with Crippen LogP contribution in [0.25, 0.3) is 22.0 Å². The first-order valence-electron chi connectivity index (χ1n) is 9.32. The summed E-state index contributed by atoms with van der Waals surface area (Å²) in [5.74, 6) is 0.734. The molecule has 150 valence electrons. The van der Waals surface area contributed by atoms with Gasteiger partial charge < -0.3 is 14.6 Å². The van der Waals surface area contributed by atoms with E-state index in [1.165, 1.54) is 0 Å². The van der Waals surface area contributed by atoms with Gasteiger partial charge in [-0.05, 0) is 54.1 Å². The van der Waals surface area contributed by atoms with Crippen LogP contribution in [0.1, 0.15) is 10.4 Å². The molecule has 0 atom stereocenters. The summed E-state index contributed by atoms with van der Waals surface area (Å²) in [5, 5.41) is 4.00. The van der Waals surface area contributed by atoms with Crippen molar-refractivity contribution in [3.05, 3.63) is 93.6 Å². The molecule has 0 saturated carbocycles. The molecule has 3 aromatic carbocycles. The zero-order chi connectivity index (χ0) is 21.3. The summed E-state index contributed by atoms with van der Waals surface area (Å²) in [6.07, 6.45) is 0. The molecule has 5 nitrogen and oxygen atoms in total. The second-order valence-electron chi connectivity index (χ2n) is 6.82. The molecule has 0 aliphatic carbocycles. The number of aromatic nitrogens is 1. The summed E-state index contributed by atoms with van der Waals surface area (Å²) in [5.41, 5.74) is 2.03. The van der Waals surface area contributed by atoms with Crippen LogP contribution in [0, 0.1) is 0 Å². The highest BCUT2D eigenvalue weighted by atomic mass is 35.5. The van der Waals surface area contributed by atoms with Crippen molar-refractivity contribution in [1.82, 2.24) is 4.57 Å². The molecule has 0 spiro atoms. The van der Waals surface area contributed by atoms with Gasteiger partial charge in [-0.3, -0.25) is 9.59 Å². The number of carbonyl (C=O) groups excluding carboxylic acids is 1. The Kier molecular flexibility index (Phi) is 5.29. The molecule has 0 aliphatic heterocycles. The third-order valence-electron chi connectivity index (χ3n) is 5.01. The van der Waals surface area contributed by atoms with Crippen molar-refractivity contribution >= 4 is 34.2 Å². The smallest absolute Gasteiger partial charge is 0.256 e. The topological polar surface area (TPSA) is 60.3 Å². The average molecular weight is 419 g/mol. The van der Waals surface area contributed by atoms with Crippen molar-refractivity contribution in [3.63, 3.8) is 0 Å². The summed E-state index contributed by atoms with van der Waals surface area (Å²) in [6.45, 7) is 0. The first-order chi connectivity index (χ1) is 14.5. The number of para-hydroxylation sites is 1. The third kappa shape index (κ3) is 3.55. The van der Waals surface area contributed by atoms with Crippen LogP contribution in [0.15, 0.2) is 77.6 Å². The van der Waals surface area contributed by atoms with E-state index in [0.29, 0.717) is 38.7 Å². The van der Waals surface area contributed by atoms with E-state index in [1.807, 2.05) is 29.8 Å². The van der Waals surface area contributed by atoms with Crippen molar-refractivity contribution in [3.8, 4) is 16.9 Å². The third-order valence-corrected chi connectivity index (χ3v) is 5.24. The molecule has 0 saturated heterocycles. The number of anilines is 1. The monoisotopic (exact) mass is 418 g/mol. The fourth-order valence-corrected chi connectivity index (χ4v) is 3.66. The highest BCUT2D eigenvalue weighted by Gasteiger charge is 2.19. The highest BCUT2D eigenvalue weighted by Crippen LogP contribution is 2.30. The number of fused-ring (bicyclic) bond motifs is 1. The molecule has 4 aromatic rings. The van der Waals surface area contributed by atoms with Gasteiger partial charge in [-0.15, -0.1) is 0 Å². The lowest BCUT2D eigenvalue weighted by Gasteiger charge is -2.18. The number of halogens is 1. The van der Waals surface area contributed by atoms with Gasteiger partial charge in [0.1, 0.15) is 11.6 Å². The summed E-state index contributed by atoms with van der Waals surface area (Å²) >= 11 is 6.18. The van der Waals surface area contributed by atoms with Gasteiger partial charge in [0.2, 0.25) is 0 Å². The average Bonchev–Trinajstić information content (AvgIpc) is 2.77. The molecule has 1 N–H and O–H groups in total. The normalized spacial score (nSPS) is 10.8. The van der Waals surface area contributed by atoms with Gasteiger partial charge in [-0.25, -0.2) is 0 Å². The molecule has 0 radical (unpaired) electrons. The van der Waals surface area contributed by atoms with Gasteiger partial charge in [0.05, 0.1) is 18.2 Å². The van der Waals surface area contributed by atoms with Crippen LogP contribution >= 0.6 is 11.6 Å². The number of carbonyl (C=O) groups is 1. The Bertz CT molecular complexity index is 1310. The van der Waals surface area contributed by atoms with Crippen LogP contribution in [0.2, 0.25) is 5.02 Å². The second-order valence-corrected chi connectivity index (χ2v) is 7.26. The fraction of sp³-hybridized carbons (Fsp3) is 0.0833. The number of aryl methyl sites for hydroxylation is 1. The lowest BCUT2D eigenvalue weighted by atomic mass is 10.0. The van der Waals surface area contributed by atoms with Gasteiger partial charge in [-0.1, -0.05) is 35.9 Å². The molecule has 6 heteroatoms. The standard InChI is InChI=1S/C24H19ClN2O3/c1-27-20-9-4-3-8-19(20)22(28)21(16-6-5-7-17(25)14-16)23(27)26-24(29)15-10-12-18(30-2)13-11-15/h3-14H,1-2H3,(H,26,29). The Morgan fingerprint density at radius 1 is 1.00 bits per heavy atom. The first-order valence-corrected chi connectivity index (χ1v) is 9.70. The second kappa shape index (κ2) is 8.05. The zero-order valence-corrected chi connectivity index (χ0v) is 17.2. The van der Waals surface area contributed by atoms with Crippen molar-refractivity contribution in [1.29, 1.82) is 0 Å². The highest BCUT2D eigenvalue weighted by molar-refractivity contribution is 6.30. The number of nitrogens with zero attached hydrogens (tertiary/aromatic N) is 1. The summed E-state index contributed by atoms with van der Waals surface area (Å²) in [4.78, 5) is 26.4. The maximum Gasteiger partial charge on any atom is 0.256 e. The van der Waals surface area contributed by atoms with Gasteiger partial charge in [0.25, 0.3) is 5.91 Å². The molecular formula is C24H19ClN2O3. The summed E-state index contributed by atoms with van der Waals surface area (Å²) < 4.78 is 6.96. The maximum atomic E-state index is 13.4. The van der Waals surface area contributed by atoms with E-state index in [4.69, 9.17) is 16.3 Å². The lowest BCUT2D eigenvalue weighted by molar-refractivity contribution is 0.102. The van der Waals surface area contributed by atoms with E-state index in [-0.39, 0.29) is 11.3 Å². The van der Waals surface area contributed by atoms with Gasteiger partial charge in [-0.2, -0.15) is 0 Å². The number of hydrogen-bond acceptors (Lipinski definition) is 3. The van der Waals surface area contributed by atoms with Gasteiger partial charge >= 0.3 is 0 Å². The van der Waals surface area contributed by atoms with E-state index in [2.05, 4.69) is 5.32 Å². The zero-order valence-electron chi connectivity index (χ0n) is 16.5. The SMILES string of the molecule is COc1ccc(C(=O)Nc2c(-c3cccc(Cl)c3)c(=O)c3ccccc3n2C)cc1. The van der Waals surface area contributed by atoms with Crippen molar-refractivity contribution in [2.45, 2.75) is 0 Å². The molecule has 30 heavy (non-hydrogen) atoms. The van der Waals surface area contributed by atoms with Crippen molar-refractivity contribution in [2.75, 3.05) is 12.4 Å². The number of ether oxygens (including phenoxy) is 1.